The molecule has 0 rings (SSSR count). The molecule has 0 aromatic heterocycles. The zero-order chi connectivity index (χ0) is 10.1. The molecule has 0 spiro atoms. The van der Waals surface area contributed by atoms with Crippen LogP contribution in [0.2, 0.25) is 0 Å². The highest BCUT2D eigenvalue weighted by Crippen LogP contribution is 2.05. The van der Waals surface area contributed by atoms with Gasteiger partial charge in [-0.3, -0.25) is 4.79 Å². The average Bonchev–Trinajstić information content (AvgIpc) is 2.14. The van der Waals surface area contributed by atoms with E-state index in [9.17, 15) is 9.90 Å². The van der Waals surface area contributed by atoms with E-state index in [4.69, 9.17) is 0 Å². The largest absolute Gasteiger partial charge is 0.469 e. The van der Waals surface area contributed by atoms with Crippen LogP contribution in [0.5, 0.6) is 0 Å². The monoisotopic (exact) mass is 189 g/mol. The highest BCUT2D eigenvalue weighted by atomic mass is 16.5. The second-order valence-electron chi connectivity index (χ2n) is 2.82. The topological polar surface area (TPSA) is 55.8 Å². The van der Waals surface area contributed by atoms with Gasteiger partial charge < -0.3 is 14.6 Å². The fraction of sp³-hybridized carbons (Fsp3) is 0.778. The molecular formula is C9H17O4. The van der Waals surface area contributed by atoms with Gasteiger partial charge in [-0.05, 0) is 19.3 Å². The van der Waals surface area contributed by atoms with Crippen LogP contribution in [0.1, 0.15) is 25.7 Å². The number of ether oxygens (including phenoxy) is 2. The number of aliphatic hydroxyl groups is 1. The van der Waals surface area contributed by atoms with Crippen molar-refractivity contribution in [1.82, 2.24) is 0 Å². The summed E-state index contributed by atoms with van der Waals surface area (Å²) in [5, 5.41) is 9.31. The minimum absolute atomic E-state index is 0.236. The first-order valence-corrected chi connectivity index (χ1v) is 4.32. The van der Waals surface area contributed by atoms with E-state index in [1.165, 1.54) is 7.11 Å². The first kappa shape index (κ1) is 12.4. The Bertz CT molecular complexity index is 136. The molecule has 0 aromatic carbocycles. The Morgan fingerprint density at radius 3 is 2.77 bits per heavy atom. The number of carbonyl (C=O) groups excluding carboxylic acids is 1. The summed E-state index contributed by atoms with van der Waals surface area (Å²) >= 11 is 0. The second-order valence-corrected chi connectivity index (χ2v) is 2.82. The van der Waals surface area contributed by atoms with Gasteiger partial charge in [0.05, 0.1) is 20.3 Å². The van der Waals surface area contributed by atoms with Crippen molar-refractivity contribution < 1.29 is 19.4 Å². The molecule has 1 atom stereocenters. The van der Waals surface area contributed by atoms with E-state index in [0.717, 1.165) is 0 Å². The summed E-state index contributed by atoms with van der Waals surface area (Å²) in [6, 6.07) is 0. The van der Waals surface area contributed by atoms with Gasteiger partial charge in [0.2, 0.25) is 0 Å². The predicted octanol–water partition coefficient (Wildman–Crippen LogP) is 0.889. The van der Waals surface area contributed by atoms with Crippen molar-refractivity contribution in [3.63, 3.8) is 0 Å². The Morgan fingerprint density at radius 2 is 2.23 bits per heavy atom. The van der Waals surface area contributed by atoms with Gasteiger partial charge >= 0.3 is 5.97 Å². The third-order valence-corrected chi connectivity index (χ3v) is 1.74. The van der Waals surface area contributed by atoms with Gasteiger partial charge in [0.1, 0.15) is 0 Å². The molecule has 0 saturated carbocycles. The zero-order valence-electron chi connectivity index (χ0n) is 7.99. The quantitative estimate of drug-likeness (QED) is 0.604. The molecule has 0 unspecified atom stereocenters. The van der Waals surface area contributed by atoms with Crippen LogP contribution in [0.15, 0.2) is 0 Å². The first-order chi connectivity index (χ1) is 6.20. The Hall–Kier alpha value is -0.610. The first-order valence-electron chi connectivity index (χ1n) is 4.32. The highest BCUT2D eigenvalue weighted by Gasteiger charge is 2.05. The van der Waals surface area contributed by atoms with Crippen molar-refractivity contribution >= 4 is 5.97 Å². The molecule has 0 saturated heterocycles. The van der Waals surface area contributed by atoms with E-state index in [1.807, 2.05) is 0 Å². The number of hydrogen-bond acceptors (Lipinski definition) is 4. The molecule has 1 N–H and O–H groups in total. The number of aliphatic hydroxyl groups excluding tert-OH is 1. The molecule has 0 aliphatic heterocycles. The lowest BCUT2D eigenvalue weighted by Crippen LogP contribution is -2.10. The number of carbonyl (C=O) groups is 1. The molecule has 0 aliphatic carbocycles. The maximum absolute atomic E-state index is 10.7. The summed E-state index contributed by atoms with van der Waals surface area (Å²) in [4.78, 5) is 10.7. The van der Waals surface area contributed by atoms with Gasteiger partial charge in [-0.1, -0.05) is 0 Å². The molecule has 0 fully saturated rings. The van der Waals surface area contributed by atoms with E-state index in [-0.39, 0.29) is 5.97 Å². The van der Waals surface area contributed by atoms with Crippen molar-refractivity contribution in [3.8, 4) is 0 Å². The summed E-state index contributed by atoms with van der Waals surface area (Å²) in [6.45, 7) is 0.444. The van der Waals surface area contributed by atoms with E-state index in [0.29, 0.717) is 32.3 Å². The molecule has 77 valence electrons. The van der Waals surface area contributed by atoms with E-state index in [2.05, 4.69) is 16.6 Å². The Kier molecular flexibility index (Phi) is 7.63. The standard InChI is InChI=1S/C9H17O4/c1-12-7-6-8(10)4-3-5-9(11)13-2/h8,10H,1,3-7H2,2H3/t8-/m0/s1. The van der Waals surface area contributed by atoms with Crippen LogP contribution in [0.4, 0.5) is 0 Å². The summed E-state index contributed by atoms with van der Waals surface area (Å²) in [6.07, 6.45) is 1.75. The van der Waals surface area contributed by atoms with Crippen molar-refractivity contribution in [3.05, 3.63) is 7.11 Å². The van der Waals surface area contributed by atoms with Crippen LogP contribution in [0.3, 0.4) is 0 Å². The SMILES string of the molecule is [CH2]OCC[C@@H](O)CCCC(=O)OC. The fourth-order valence-electron chi connectivity index (χ4n) is 0.948. The average molecular weight is 189 g/mol. The summed E-state index contributed by atoms with van der Waals surface area (Å²) in [5.41, 5.74) is 0. The lowest BCUT2D eigenvalue weighted by Gasteiger charge is -2.08. The van der Waals surface area contributed by atoms with Gasteiger partial charge in [-0.2, -0.15) is 0 Å². The van der Waals surface area contributed by atoms with Crippen LogP contribution in [-0.4, -0.2) is 30.9 Å². The maximum atomic E-state index is 10.7. The van der Waals surface area contributed by atoms with Gasteiger partial charge in [-0.15, -0.1) is 0 Å². The lowest BCUT2D eigenvalue weighted by molar-refractivity contribution is -0.140. The number of hydrogen-bond donors (Lipinski definition) is 1. The smallest absolute Gasteiger partial charge is 0.305 e. The minimum atomic E-state index is -0.411. The van der Waals surface area contributed by atoms with Crippen molar-refractivity contribution in [2.45, 2.75) is 31.8 Å². The fourth-order valence-corrected chi connectivity index (χ4v) is 0.948. The Labute approximate surface area is 78.8 Å². The third kappa shape index (κ3) is 7.74. The van der Waals surface area contributed by atoms with Crippen LogP contribution in [-0.2, 0) is 14.3 Å². The summed E-state index contributed by atoms with van der Waals surface area (Å²) in [7, 11) is 4.55. The minimum Gasteiger partial charge on any atom is -0.469 e. The summed E-state index contributed by atoms with van der Waals surface area (Å²) < 4.78 is 9.02. The van der Waals surface area contributed by atoms with Crippen molar-refractivity contribution in [2.24, 2.45) is 0 Å². The molecule has 0 aromatic rings. The van der Waals surface area contributed by atoms with Crippen molar-refractivity contribution in [2.75, 3.05) is 13.7 Å². The molecule has 4 heteroatoms. The van der Waals surface area contributed by atoms with Crippen LogP contribution in [0, 0.1) is 7.11 Å². The van der Waals surface area contributed by atoms with E-state index in [1.54, 1.807) is 0 Å². The van der Waals surface area contributed by atoms with E-state index >= 15 is 0 Å². The maximum Gasteiger partial charge on any atom is 0.305 e. The molecule has 0 heterocycles. The molecular weight excluding hydrogens is 172 g/mol. The van der Waals surface area contributed by atoms with Gasteiger partial charge in [0.15, 0.2) is 0 Å². The molecule has 0 aliphatic rings. The Morgan fingerprint density at radius 1 is 1.54 bits per heavy atom. The summed E-state index contributed by atoms with van der Waals surface area (Å²) in [5.74, 6) is -0.236. The Balaban J connectivity index is 3.26. The van der Waals surface area contributed by atoms with Crippen LogP contribution >= 0.6 is 0 Å². The van der Waals surface area contributed by atoms with E-state index < -0.39 is 6.10 Å². The number of rotatable bonds is 7. The van der Waals surface area contributed by atoms with Gasteiger partial charge in [0, 0.05) is 13.0 Å². The van der Waals surface area contributed by atoms with Crippen molar-refractivity contribution in [1.29, 1.82) is 0 Å². The molecule has 0 amide bonds. The zero-order valence-corrected chi connectivity index (χ0v) is 7.99. The van der Waals surface area contributed by atoms with Crippen LogP contribution < -0.4 is 0 Å². The molecule has 0 bridgehead atoms. The third-order valence-electron chi connectivity index (χ3n) is 1.74. The van der Waals surface area contributed by atoms with Gasteiger partial charge in [0.25, 0.3) is 0 Å². The number of esters is 1. The number of methoxy groups -OCH3 is 1. The second kappa shape index (κ2) is 8.01. The lowest BCUT2D eigenvalue weighted by atomic mass is 10.1. The van der Waals surface area contributed by atoms with Gasteiger partial charge in [-0.25, -0.2) is 0 Å². The molecule has 1 radical (unpaired) electrons. The molecule has 13 heavy (non-hydrogen) atoms. The molecule has 4 nitrogen and oxygen atoms in total. The van der Waals surface area contributed by atoms with Crippen LogP contribution in [0.25, 0.3) is 0 Å². The highest BCUT2D eigenvalue weighted by molar-refractivity contribution is 5.68. The normalized spacial score (nSPS) is 12.5. The predicted molar refractivity (Wildman–Crippen MR) is 47.8 cm³/mol.